The Kier molecular flexibility index (Phi) is 3.23. The Labute approximate surface area is 66.0 Å². The van der Waals surface area contributed by atoms with Gasteiger partial charge in [0.2, 0.25) is 0 Å². The van der Waals surface area contributed by atoms with Gasteiger partial charge in [-0.25, -0.2) is 0 Å². The minimum Gasteiger partial charge on any atom is -0.261 e. The van der Waals surface area contributed by atoms with Crippen LogP contribution >= 0.6 is 11.6 Å². The van der Waals surface area contributed by atoms with Crippen molar-refractivity contribution >= 4 is 11.6 Å². The summed E-state index contributed by atoms with van der Waals surface area (Å²) >= 11 is 5.40. The molecule has 53 valence electrons. The first-order valence-corrected chi connectivity index (χ1v) is 3.69. The minimum absolute atomic E-state index is 0.887. The molecule has 10 heavy (non-hydrogen) atoms. The fraction of sp³-hybridized carbons (Fsp3) is 0.250. The van der Waals surface area contributed by atoms with E-state index in [4.69, 9.17) is 11.6 Å². The second-order valence-electron chi connectivity index (χ2n) is 2.01. The molecule has 0 aliphatic heterocycles. The van der Waals surface area contributed by atoms with Gasteiger partial charge < -0.3 is 0 Å². The molecule has 0 N–H and O–H groups in total. The molecule has 0 spiro atoms. The molecule has 0 amide bonds. The van der Waals surface area contributed by atoms with Gasteiger partial charge in [0.1, 0.15) is 0 Å². The molecule has 0 atom stereocenters. The van der Waals surface area contributed by atoms with Crippen LogP contribution in [-0.4, -0.2) is 4.98 Å². The van der Waals surface area contributed by atoms with Crippen LogP contribution in [-0.2, 0) is 6.42 Å². The highest BCUT2D eigenvalue weighted by Crippen LogP contribution is 2.01. The second kappa shape index (κ2) is 4.29. The summed E-state index contributed by atoms with van der Waals surface area (Å²) in [6.45, 7) is 0. The Morgan fingerprint density at radius 3 is 3.00 bits per heavy atom. The number of hydrogen-bond donors (Lipinski definition) is 0. The predicted molar refractivity (Wildman–Crippen MR) is 42.7 cm³/mol. The van der Waals surface area contributed by atoms with Gasteiger partial charge in [-0.1, -0.05) is 6.07 Å². The first-order chi connectivity index (χ1) is 4.93. The smallest absolute Gasteiger partial charge is 0.0503 e. The van der Waals surface area contributed by atoms with Crippen LogP contribution in [0.25, 0.3) is 0 Å². The predicted octanol–water partition coefficient (Wildman–Crippen LogP) is 2.41. The number of pyridine rings is 1. The van der Waals surface area contributed by atoms with Crippen LogP contribution in [0.2, 0.25) is 0 Å². The van der Waals surface area contributed by atoms with Gasteiger partial charge in [0.25, 0.3) is 0 Å². The van der Waals surface area contributed by atoms with Gasteiger partial charge in [0.05, 0.1) is 5.88 Å². The van der Waals surface area contributed by atoms with Gasteiger partial charge in [-0.3, -0.25) is 4.98 Å². The zero-order chi connectivity index (χ0) is 7.23. The molecule has 0 saturated heterocycles. The Balaban J connectivity index is 2.43. The highest BCUT2D eigenvalue weighted by molar-refractivity contribution is 6.23. The van der Waals surface area contributed by atoms with Crippen LogP contribution in [0, 0.1) is 5.88 Å². The zero-order valence-electron chi connectivity index (χ0n) is 5.63. The molecule has 2 heteroatoms. The molecule has 0 bridgehead atoms. The number of rotatable bonds is 3. The molecule has 0 aliphatic carbocycles. The fourth-order valence-corrected chi connectivity index (χ4v) is 0.858. The maximum absolute atomic E-state index is 5.40. The molecular weight excluding hydrogens is 146 g/mol. The fourth-order valence-electron chi connectivity index (χ4n) is 0.748. The summed E-state index contributed by atoms with van der Waals surface area (Å²) in [6, 6.07) is 5.89. The second-order valence-corrected chi connectivity index (χ2v) is 2.32. The van der Waals surface area contributed by atoms with Gasteiger partial charge in [-0.15, -0.1) is 11.6 Å². The maximum Gasteiger partial charge on any atom is 0.0503 e. The standard InChI is InChI=1S/C8H9ClN/c9-6-3-5-8-4-1-2-7-10-8/h1-2,4,6-7H,3,5H2. The Morgan fingerprint density at radius 1 is 1.50 bits per heavy atom. The lowest BCUT2D eigenvalue weighted by atomic mass is 10.2. The van der Waals surface area contributed by atoms with E-state index in [2.05, 4.69) is 4.98 Å². The topological polar surface area (TPSA) is 12.9 Å². The molecule has 1 rings (SSSR count). The van der Waals surface area contributed by atoms with E-state index >= 15 is 0 Å². The number of hydrogen-bond acceptors (Lipinski definition) is 1. The average Bonchev–Trinajstić information content (AvgIpc) is 2.03. The summed E-state index contributed by atoms with van der Waals surface area (Å²) in [5.41, 5.74) is 1.10. The molecular formula is C8H9ClN. The van der Waals surface area contributed by atoms with Gasteiger partial charge in [-0.2, -0.15) is 0 Å². The first kappa shape index (κ1) is 7.55. The molecule has 1 aromatic rings. The van der Waals surface area contributed by atoms with E-state index in [0.29, 0.717) is 0 Å². The Hall–Kier alpha value is -0.560. The monoisotopic (exact) mass is 154 g/mol. The van der Waals surface area contributed by atoms with Gasteiger partial charge in [0.15, 0.2) is 0 Å². The summed E-state index contributed by atoms with van der Waals surface area (Å²) < 4.78 is 0. The Bertz CT molecular complexity index is 174. The highest BCUT2D eigenvalue weighted by atomic mass is 35.5. The van der Waals surface area contributed by atoms with E-state index in [1.165, 1.54) is 0 Å². The molecule has 1 aromatic heterocycles. The van der Waals surface area contributed by atoms with Crippen LogP contribution in [0.3, 0.4) is 0 Å². The first-order valence-electron chi connectivity index (χ1n) is 3.25. The molecule has 1 heterocycles. The molecule has 0 fully saturated rings. The summed E-state index contributed by atoms with van der Waals surface area (Å²) in [5.74, 6) is 1.63. The van der Waals surface area contributed by atoms with Crippen molar-refractivity contribution in [3.63, 3.8) is 0 Å². The summed E-state index contributed by atoms with van der Waals surface area (Å²) in [5, 5.41) is 0. The Morgan fingerprint density at radius 2 is 2.40 bits per heavy atom. The lowest BCUT2D eigenvalue weighted by Gasteiger charge is -1.94. The van der Waals surface area contributed by atoms with E-state index < -0.39 is 0 Å². The lowest BCUT2D eigenvalue weighted by Crippen LogP contribution is -1.86. The number of aromatic nitrogens is 1. The van der Waals surface area contributed by atoms with Gasteiger partial charge >= 0.3 is 0 Å². The lowest BCUT2D eigenvalue weighted by molar-refractivity contribution is 0.930. The van der Waals surface area contributed by atoms with Crippen LogP contribution < -0.4 is 0 Å². The number of halogens is 1. The van der Waals surface area contributed by atoms with Crippen molar-refractivity contribution in [2.24, 2.45) is 0 Å². The maximum atomic E-state index is 5.40. The van der Waals surface area contributed by atoms with Crippen molar-refractivity contribution in [2.75, 3.05) is 0 Å². The van der Waals surface area contributed by atoms with E-state index in [-0.39, 0.29) is 0 Å². The SMILES string of the molecule is Cl[CH]CCc1ccccn1. The zero-order valence-corrected chi connectivity index (χ0v) is 6.38. The third-order valence-corrected chi connectivity index (χ3v) is 1.45. The highest BCUT2D eigenvalue weighted by Gasteiger charge is 1.90. The van der Waals surface area contributed by atoms with Gasteiger partial charge in [0, 0.05) is 11.9 Å². The van der Waals surface area contributed by atoms with E-state index in [1.807, 2.05) is 18.2 Å². The van der Waals surface area contributed by atoms with Crippen molar-refractivity contribution in [2.45, 2.75) is 12.8 Å². The van der Waals surface area contributed by atoms with Crippen LogP contribution in [0.4, 0.5) is 0 Å². The van der Waals surface area contributed by atoms with Crippen LogP contribution in [0.1, 0.15) is 12.1 Å². The third kappa shape index (κ3) is 2.36. The number of aryl methyl sites for hydroxylation is 1. The molecule has 1 radical (unpaired) electrons. The largest absolute Gasteiger partial charge is 0.261 e. The van der Waals surface area contributed by atoms with Crippen molar-refractivity contribution in [1.29, 1.82) is 0 Å². The quantitative estimate of drug-likeness (QED) is 0.652. The molecule has 0 aromatic carbocycles. The average molecular weight is 155 g/mol. The molecule has 0 saturated carbocycles. The number of nitrogens with zero attached hydrogens (tertiary/aromatic N) is 1. The molecule has 1 nitrogen and oxygen atoms in total. The summed E-state index contributed by atoms with van der Waals surface area (Å²) in [4.78, 5) is 4.14. The minimum atomic E-state index is 0.887. The van der Waals surface area contributed by atoms with Gasteiger partial charge in [-0.05, 0) is 25.0 Å². The van der Waals surface area contributed by atoms with E-state index in [0.717, 1.165) is 18.5 Å². The molecule has 0 aliphatic rings. The normalized spacial score (nSPS) is 9.70. The van der Waals surface area contributed by atoms with Crippen LogP contribution in [0.5, 0.6) is 0 Å². The van der Waals surface area contributed by atoms with Crippen molar-refractivity contribution in [3.05, 3.63) is 36.0 Å². The summed E-state index contributed by atoms with van der Waals surface area (Å²) in [7, 11) is 0. The van der Waals surface area contributed by atoms with Crippen LogP contribution in [0.15, 0.2) is 24.4 Å². The third-order valence-electron chi connectivity index (χ3n) is 1.24. The van der Waals surface area contributed by atoms with E-state index in [1.54, 1.807) is 12.1 Å². The van der Waals surface area contributed by atoms with Crippen molar-refractivity contribution < 1.29 is 0 Å². The van der Waals surface area contributed by atoms with Crippen molar-refractivity contribution in [1.82, 2.24) is 4.98 Å². The summed E-state index contributed by atoms with van der Waals surface area (Å²) in [6.07, 6.45) is 3.62. The molecule has 0 unspecified atom stereocenters. The van der Waals surface area contributed by atoms with Crippen molar-refractivity contribution in [3.8, 4) is 0 Å². The van der Waals surface area contributed by atoms with E-state index in [9.17, 15) is 0 Å².